The van der Waals surface area contributed by atoms with Gasteiger partial charge in [-0.05, 0) is 49.7 Å². The number of ether oxygens (including phenoxy) is 2. The molecule has 6 nitrogen and oxygen atoms in total. The number of nitrogens with one attached hydrogen (secondary N) is 2. The van der Waals surface area contributed by atoms with Gasteiger partial charge in [0.15, 0.2) is 6.61 Å². The van der Waals surface area contributed by atoms with Crippen LogP contribution in [0.1, 0.15) is 11.1 Å². The van der Waals surface area contributed by atoms with Crippen molar-refractivity contribution in [1.29, 1.82) is 0 Å². The van der Waals surface area contributed by atoms with E-state index in [9.17, 15) is 9.59 Å². The third kappa shape index (κ3) is 5.01. The van der Waals surface area contributed by atoms with E-state index in [2.05, 4.69) is 10.6 Å². The minimum atomic E-state index is -0.592. The van der Waals surface area contributed by atoms with Crippen LogP contribution < -0.4 is 20.1 Å². The van der Waals surface area contributed by atoms with E-state index >= 15 is 0 Å². The molecule has 0 heterocycles. The van der Waals surface area contributed by atoms with E-state index in [-0.39, 0.29) is 6.61 Å². The first-order valence-electron chi connectivity index (χ1n) is 7.43. The van der Waals surface area contributed by atoms with Gasteiger partial charge in [0.25, 0.3) is 5.91 Å². The van der Waals surface area contributed by atoms with E-state index in [1.165, 1.54) is 0 Å². The molecule has 0 aromatic heterocycles. The van der Waals surface area contributed by atoms with E-state index in [0.717, 1.165) is 11.1 Å². The maximum absolute atomic E-state index is 11.8. The van der Waals surface area contributed by atoms with Crippen LogP contribution in [0.5, 0.6) is 11.5 Å². The Hall–Kier alpha value is -3.02. The van der Waals surface area contributed by atoms with Crippen molar-refractivity contribution in [3.63, 3.8) is 0 Å². The molecule has 2 N–H and O–H groups in total. The number of urea groups is 1. The Balaban J connectivity index is 1.81. The van der Waals surface area contributed by atoms with Gasteiger partial charge in [-0.1, -0.05) is 17.7 Å². The topological polar surface area (TPSA) is 76.7 Å². The lowest BCUT2D eigenvalue weighted by Crippen LogP contribution is -2.37. The van der Waals surface area contributed by atoms with Gasteiger partial charge >= 0.3 is 6.03 Å². The molecule has 0 spiro atoms. The first-order valence-corrected chi connectivity index (χ1v) is 7.43. The summed E-state index contributed by atoms with van der Waals surface area (Å²) in [5.74, 6) is 0.675. The summed E-state index contributed by atoms with van der Waals surface area (Å²) in [5.41, 5.74) is 2.68. The zero-order valence-corrected chi connectivity index (χ0v) is 13.9. The number of hydrogen-bond donors (Lipinski definition) is 2. The SMILES string of the molecule is COc1ccc(OCC(=O)NC(=O)Nc2ccc(C)cc2C)cc1. The highest BCUT2D eigenvalue weighted by Gasteiger charge is 2.10. The highest BCUT2D eigenvalue weighted by molar-refractivity contribution is 6.01. The Morgan fingerprint density at radius 1 is 1.00 bits per heavy atom. The van der Waals surface area contributed by atoms with E-state index in [4.69, 9.17) is 9.47 Å². The van der Waals surface area contributed by atoms with Crippen LogP contribution in [0.2, 0.25) is 0 Å². The highest BCUT2D eigenvalue weighted by Crippen LogP contribution is 2.17. The van der Waals surface area contributed by atoms with Gasteiger partial charge in [-0.2, -0.15) is 0 Å². The molecular formula is C18H20N2O4. The molecule has 0 radical (unpaired) electrons. The molecule has 6 heteroatoms. The first kappa shape index (κ1) is 17.3. The number of amides is 3. The highest BCUT2D eigenvalue weighted by atomic mass is 16.5. The summed E-state index contributed by atoms with van der Waals surface area (Å²) in [6.07, 6.45) is 0. The van der Waals surface area contributed by atoms with Crippen LogP contribution in [0.4, 0.5) is 10.5 Å². The molecule has 0 fully saturated rings. The Kier molecular flexibility index (Phi) is 5.78. The molecule has 2 rings (SSSR count). The van der Waals surface area contributed by atoms with Gasteiger partial charge in [0.2, 0.25) is 0 Å². The molecule has 0 aliphatic carbocycles. The Morgan fingerprint density at radius 2 is 1.67 bits per heavy atom. The summed E-state index contributed by atoms with van der Waals surface area (Å²) in [6, 6.07) is 11.8. The molecule has 0 aliphatic rings. The van der Waals surface area contributed by atoms with Gasteiger partial charge in [-0.3, -0.25) is 10.1 Å². The summed E-state index contributed by atoms with van der Waals surface area (Å²) in [7, 11) is 1.57. The molecule has 2 aromatic rings. The van der Waals surface area contributed by atoms with E-state index < -0.39 is 11.9 Å². The molecule has 0 bridgehead atoms. The van der Waals surface area contributed by atoms with E-state index in [1.54, 1.807) is 37.4 Å². The molecule has 0 aliphatic heterocycles. The van der Waals surface area contributed by atoms with Crippen molar-refractivity contribution < 1.29 is 19.1 Å². The second kappa shape index (κ2) is 8.01. The minimum absolute atomic E-state index is 0.257. The average Bonchev–Trinajstić information content (AvgIpc) is 2.56. The van der Waals surface area contributed by atoms with Gasteiger partial charge < -0.3 is 14.8 Å². The zero-order valence-electron chi connectivity index (χ0n) is 13.9. The van der Waals surface area contributed by atoms with Crippen molar-refractivity contribution in [2.45, 2.75) is 13.8 Å². The second-order valence-corrected chi connectivity index (χ2v) is 5.28. The van der Waals surface area contributed by atoms with E-state index in [1.807, 2.05) is 26.0 Å². The number of rotatable bonds is 5. The summed E-state index contributed by atoms with van der Waals surface area (Å²) in [6.45, 7) is 3.60. The average molecular weight is 328 g/mol. The molecule has 0 unspecified atom stereocenters. The molecule has 126 valence electrons. The van der Waals surface area contributed by atoms with Crippen LogP contribution in [0, 0.1) is 13.8 Å². The molecule has 24 heavy (non-hydrogen) atoms. The van der Waals surface area contributed by atoms with Gasteiger partial charge in [0.05, 0.1) is 7.11 Å². The van der Waals surface area contributed by atoms with Crippen molar-refractivity contribution in [3.05, 3.63) is 53.6 Å². The minimum Gasteiger partial charge on any atom is -0.497 e. The Bertz CT molecular complexity index is 726. The Morgan fingerprint density at radius 3 is 2.29 bits per heavy atom. The summed E-state index contributed by atoms with van der Waals surface area (Å²) in [4.78, 5) is 23.6. The van der Waals surface area contributed by atoms with Crippen molar-refractivity contribution in [3.8, 4) is 11.5 Å². The number of hydrogen-bond acceptors (Lipinski definition) is 4. The fraction of sp³-hybridized carbons (Fsp3) is 0.222. The van der Waals surface area contributed by atoms with Crippen molar-refractivity contribution in [1.82, 2.24) is 5.32 Å². The normalized spacial score (nSPS) is 9.96. The number of imide groups is 1. The number of benzene rings is 2. The number of methoxy groups -OCH3 is 1. The summed E-state index contributed by atoms with van der Waals surface area (Å²) in [5, 5.41) is 4.86. The van der Waals surface area contributed by atoms with Crippen LogP contribution >= 0.6 is 0 Å². The van der Waals surface area contributed by atoms with Gasteiger partial charge in [-0.25, -0.2) is 4.79 Å². The first-order chi connectivity index (χ1) is 11.5. The van der Waals surface area contributed by atoms with Crippen molar-refractivity contribution in [2.75, 3.05) is 19.0 Å². The molecule has 0 saturated carbocycles. The van der Waals surface area contributed by atoms with Crippen LogP contribution in [-0.2, 0) is 4.79 Å². The molecular weight excluding hydrogens is 308 g/mol. The number of anilines is 1. The fourth-order valence-electron chi connectivity index (χ4n) is 2.09. The molecule has 0 atom stereocenters. The van der Waals surface area contributed by atoms with Gasteiger partial charge in [0, 0.05) is 5.69 Å². The molecule has 2 aromatic carbocycles. The fourth-order valence-corrected chi connectivity index (χ4v) is 2.09. The summed E-state index contributed by atoms with van der Waals surface area (Å²) >= 11 is 0. The third-order valence-corrected chi connectivity index (χ3v) is 3.31. The van der Waals surface area contributed by atoms with Gasteiger partial charge in [0.1, 0.15) is 11.5 Å². The predicted molar refractivity (Wildman–Crippen MR) is 91.6 cm³/mol. The third-order valence-electron chi connectivity index (χ3n) is 3.31. The van der Waals surface area contributed by atoms with Crippen molar-refractivity contribution >= 4 is 17.6 Å². The van der Waals surface area contributed by atoms with Crippen LogP contribution in [0.25, 0.3) is 0 Å². The monoisotopic (exact) mass is 328 g/mol. The lowest BCUT2D eigenvalue weighted by atomic mass is 10.1. The largest absolute Gasteiger partial charge is 0.497 e. The predicted octanol–water partition coefficient (Wildman–Crippen LogP) is 3.04. The molecule has 3 amide bonds. The maximum atomic E-state index is 11.8. The Labute approximate surface area is 140 Å². The standard InChI is InChI=1S/C18H20N2O4/c1-12-4-9-16(13(2)10-12)19-18(22)20-17(21)11-24-15-7-5-14(23-3)6-8-15/h4-10H,11H2,1-3H3,(H2,19,20,21,22). The number of carbonyl (C=O) groups is 2. The maximum Gasteiger partial charge on any atom is 0.325 e. The van der Waals surface area contributed by atoms with Gasteiger partial charge in [-0.15, -0.1) is 0 Å². The second-order valence-electron chi connectivity index (χ2n) is 5.28. The quantitative estimate of drug-likeness (QED) is 0.884. The summed E-state index contributed by atoms with van der Waals surface area (Å²) < 4.78 is 10.3. The van der Waals surface area contributed by atoms with Crippen LogP contribution in [0.3, 0.4) is 0 Å². The van der Waals surface area contributed by atoms with Crippen molar-refractivity contribution in [2.24, 2.45) is 0 Å². The number of carbonyl (C=O) groups excluding carboxylic acids is 2. The lowest BCUT2D eigenvalue weighted by Gasteiger charge is -2.10. The zero-order chi connectivity index (χ0) is 17.5. The van der Waals surface area contributed by atoms with Crippen LogP contribution in [-0.4, -0.2) is 25.7 Å². The van der Waals surface area contributed by atoms with E-state index in [0.29, 0.717) is 17.2 Å². The van der Waals surface area contributed by atoms with Crippen LogP contribution in [0.15, 0.2) is 42.5 Å². The number of aryl methyl sites for hydroxylation is 2. The smallest absolute Gasteiger partial charge is 0.325 e. The lowest BCUT2D eigenvalue weighted by molar-refractivity contribution is -0.121. The molecule has 0 saturated heterocycles.